The molecule has 1 saturated heterocycles. The van der Waals surface area contributed by atoms with Crippen LogP contribution in [0.1, 0.15) is 12.8 Å². The molecule has 1 unspecified atom stereocenters. The standard InChI is InChI=1S/C6H13NS/c8-5-6-2-1-3-7-4-6/h6-8H,1-5H2. The summed E-state index contributed by atoms with van der Waals surface area (Å²) in [6.45, 7) is 2.40. The minimum atomic E-state index is 0.840. The molecule has 1 rings (SSSR count). The Morgan fingerprint density at radius 3 is 2.88 bits per heavy atom. The molecular formula is C6H13NS. The fraction of sp³-hybridized carbons (Fsp3) is 1.00. The van der Waals surface area contributed by atoms with Crippen molar-refractivity contribution in [3.05, 3.63) is 0 Å². The highest BCUT2D eigenvalue weighted by Gasteiger charge is 2.09. The fourth-order valence-electron chi connectivity index (χ4n) is 1.08. The maximum atomic E-state index is 4.22. The van der Waals surface area contributed by atoms with Crippen molar-refractivity contribution in [1.82, 2.24) is 5.32 Å². The van der Waals surface area contributed by atoms with E-state index in [1.165, 1.54) is 25.9 Å². The Morgan fingerprint density at radius 1 is 1.62 bits per heavy atom. The fourth-order valence-corrected chi connectivity index (χ4v) is 1.39. The summed E-state index contributed by atoms with van der Waals surface area (Å²) in [6.07, 6.45) is 2.71. The number of rotatable bonds is 1. The van der Waals surface area contributed by atoms with E-state index >= 15 is 0 Å². The Labute approximate surface area is 56.3 Å². The zero-order valence-electron chi connectivity index (χ0n) is 5.06. The van der Waals surface area contributed by atoms with Crippen LogP contribution in [0, 0.1) is 5.92 Å². The molecule has 0 amide bonds. The molecule has 0 aromatic heterocycles. The molecule has 48 valence electrons. The second-order valence-corrected chi connectivity index (χ2v) is 2.76. The van der Waals surface area contributed by atoms with Crippen molar-refractivity contribution in [2.75, 3.05) is 18.8 Å². The molecule has 8 heavy (non-hydrogen) atoms. The van der Waals surface area contributed by atoms with Crippen LogP contribution in [0.4, 0.5) is 0 Å². The van der Waals surface area contributed by atoms with Crippen molar-refractivity contribution in [2.24, 2.45) is 5.92 Å². The van der Waals surface area contributed by atoms with E-state index in [4.69, 9.17) is 0 Å². The van der Waals surface area contributed by atoms with E-state index in [2.05, 4.69) is 17.9 Å². The highest BCUT2D eigenvalue weighted by Crippen LogP contribution is 2.09. The Bertz CT molecular complexity index is 59.5. The lowest BCUT2D eigenvalue weighted by atomic mass is 10.0. The minimum Gasteiger partial charge on any atom is -0.316 e. The quantitative estimate of drug-likeness (QED) is 0.504. The molecule has 0 aromatic carbocycles. The smallest absolute Gasteiger partial charge is 0.00127 e. The van der Waals surface area contributed by atoms with Crippen LogP contribution < -0.4 is 5.32 Å². The van der Waals surface area contributed by atoms with E-state index in [1.807, 2.05) is 0 Å². The SMILES string of the molecule is SCC1CCCNC1. The second kappa shape index (κ2) is 3.36. The maximum Gasteiger partial charge on any atom is -0.00127 e. The van der Waals surface area contributed by atoms with Crippen molar-refractivity contribution >= 4 is 12.6 Å². The molecule has 2 heteroatoms. The predicted octanol–water partition coefficient (Wildman–Crippen LogP) is 0.916. The average Bonchev–Trinajstić information content (AvgIpc) is 1.90. The molecule has 1 fully saturated rings. The van der Waals surface area contributed by atoms with E-state index in [0.717, 1.165) is 11.7 Å². The molecule has 1 heterocycles. The summed E-state index contributed by atoms with van der Waals surface area (Å²) in [5, 5.41) is 3.34. The first-order valence-electron chi connectivity index (χ1n) is 3.25. The highest BCUT2D eigenvalue weighted by atomic mass is 32.1. The summed E-state index contributed by atoms with van der Waals surface area (Å²) >= 11 is 4.22. The Morgan fingerprint density at radius 2 is 2.50 bits per heavy atom. The molecular weight excluding hydrogens is 118 g/mol. The lowest BCUT2D eigenvalue weighted by Gasteiger charge is -2.20. The van der Waals surface area contributed by atoms with E-state index < -0.39 is 0 Å². The van der Waals surface area contributed by atoms with Gasteiger partial charge in [0.25, 0.3) is 0 Å². The molecule has 0 aliphatic carbocycles. The average molecular weight is 131 g/mol. The largest absolute Gasteiger partial charge is 0.316 e. The van der Waals surface area contributed by atoms with Gasteiger partial charge in [0.2, 0.25) is 0 Å². The summed E-state index contributed by atoms with van der Waals surface area (Å²) in [4.78, 5) is 0. The van der Waals surface area contributed by atoms with Crippen molar-refractivity contribution in [3.8, 4) is 0 Å². The third-order valence-electron chi connectivity index (χ3n) is 1.66. The van der Waals surface area contributed by atoms with Crippen LogP contribution >= 0.6 is 12.6 Å². The van der Waals surface area contributed by atoms with Gasteiger partial charge in [-0.1, -0.05) is 0 Å². The van der Waals surface area contributed by atoms with Gasteiger partial charge in [-0.25, -0.2) is 0 Å². The number of nitrogens with one attached hydrogen (secondary N) is 1. The Balaban J connectivity index is 2.13. The Kier molecular flexibility index (Phi) is 2.70. The van der Waals surface area contributed by atoms with Gasteiger partial charge in [0.05, 0.1) is 0 Å². The lowest BCUT2D eigenvalue weighted by molar-refractivity contribution is 0.411. The van der Waals surface area contributed by atoms with Gasteiger partial charge in [0.15, 0.2) is 0 Å². The zero-order chi connectivity index (χ0) is 5.82. The van der Waals surface area contributed by atoms with Gasteiger partial charge >= 0.3 is 0 Å². The van der Waals surface area contributed by atoms with Crippen LogP contribution in [-0.4, -0.2) is 18.8 Å². The zero-order valence-corrected chi connectivity index (χ0v) is 5.95. The number of hydrogen-bond acceptors (Lipinski definition) is 2. The highest BCUT2D eigenvalue weighted by molar-refractivity contribution is 7.80. The first-order valence-corrected chi connectivity index (χ1v) is 3.88. The van der Waals surface area contributed by atoms with Gasteiger partial charge in [0, 0.05) is 0 Å². The molecule has 0 radical (unpaired) electrons. The second-order valence-electron chi connectivity index (χ2n) is 2.39. The van der Waals surface area contributed by atoms with Crippen LogP contribution in [0.5, 0.6) is 0 Å². The molecule has 0 saturated carbocycles. The molecule has 1 atom stereocenters. The van der Waals surface area contributed by atoms with E-state index in [0.29, 0.717) is 0 Å². The minimum absolute atomic E-state index is 0.840. The van der Waals surface area contributed by atoms with E-state index in [9.17, 15) is 0 Å². The van der Waals surface area contributed by atoms with Gasteiger partial charge in [-0.05, 0) is 37.6 Å². The van der Waals surface area contributed by atoms with Crippen molar-refractivity contribution in [1.29, 1.82) is 0 Å². The number of hydrogen-bond donors (Lipinski definition) is 2. The van der Waals surface area contributed by atoms with Gasteiger partial charge in [-0.3, -0.25) is 0 Å². The topological polar surface area (TPSA) is 12.0 Å². The van der Waals surface area contributed by atoms with Crippen LogP contribution in [0.25, 0.3) is 0 Å². The molecule has 1 nitrogen and oxygen atoms in total. The predicted molar refractivity (Wildman–Crippen MR) is 39.4 cm³/mol. The molecule has 1 aliphatic heterocycles. The number of thiol groups is 1. The van der Waals surface area contributed by atoms with Gasteiger partial charge in [-0.15, -0.1) is 0 Å². The summed E-state index contributed by atoms with van der Waals surface area (Å²) < 4.78 is 0. The summed E-state index contributed by atoms with van der Waals surface area (Å²) in [6, 6.07) is 0. The normalized spacial score (nSPS) is 30.4. The molecule has 0 bridgehead atoms. The Hall–Kier alpha value is 0.310. The van der Waals surface area contributed by atoms with Crippen molar-refractivity contribution < 1.29 is 0 Å². The first kappa shape index (κ1) is 6.43. The van der Waals surface area contributed by atoms with Gasteiger partial charge < -0.3 is 5.32 Å². The lowest BCUT2D eigenvalue weighted by Crippen LogP contribution is -2.30. The third kappa shape index (κ3) is 1.67. The molecule has 0 aromatic rings. The maximum absolute atomic E-state index is 4.22. The number of piperidine rings is 1. The van der Waals surface area contributed by atoms with Crippen LogP contribution in [-0.2, 0) is 0 Å². The van der Waals surface area contributed by atoms with E-state index in [-0.39, 0.29) is 0 Å². The summed E-state index contributed by atoms with van der Waals surface area (Å²) in [5.74, 6) is 1.89. The molecule has 1 N–H and O–H groups in total. The summed E-state index contributed by atoms with van der Waals surface area (Å²) in [7, 11) is 0. The van der Waals surface area contributed by atoms with Crippen LogP contribution in [0.3, 0.4) is 0 Å². The third-order valence-corrected chi connectivity index (χ3v) is 2.17. The molecule has 0 spiro atoms. The van der Waals surface area contributed by atoms with Gasteiger partial charge in [0.1, 0.15) is 0 Å². The van der Waals surface area contributed by atoms with Crippen LogP contribution in [0.2, 0.25) is 0 Å². The van der Waals surface area contributed by atoms with Gasteiger partial charge in [-0.2, -0.15) is 12.6 Å². The summed E-state index contributed by atoms with van der Waals surface area (Å²) in [5.41, 5.74) is 0. The monoisotopic (exact) mass is 131 g/mol. The van der Waals surface area contributed by atoms with Crippen molar-refractivity contribution in [2.45, 2.75) is 12.8 Å². The first-order chi connectivity index (χ1) is 3.93. The molecule has 1 aliphatic rings. The van der Waals surface area contributed by atoms with Crippen molar-refractivity contribution in [3.63, 3.8) is 0 Å². The van der Waals surface area contributed by atoms with E-state index in [1.54, 1.807) is 0 Å². The van der Waals surface area contributed by atoms with Crippen LogP contribution in [0.15, 0.2) is 0 Å².